The van der Waals surface area contributed by atoms with Gasteiger partial charge in [0.25, 0.3) is 0 Å². The Balaban J connectivity index is 1.81. The van der Waals surface area contributed by atoms with Crippen molar-refractivity contribution >= 4 is 5.97 Å². The fourth-order valence-electron chi connectivity index (χ4n) is 3.11. The molecule has 2 fully saturated rings. The molecule has 1 aliphatic heterocycles. The molecule has 0 aromatic carbocycles. The Hall–Kier alpha value is -0.610. The van der Waals surface area contributed by atoms with Gasteiger partial charge in [-0.1, -0.05) is 6.92 Å². The van der Waals surface area contributed by atoms with Gasteiger partial charge in [0.1, 0.15) is 0 Å². The van der Waals surface area contributed by atoms with Crippen molar-refractivity contribution in [3.8, 4) is 0 Å². The molecule has 0 aromatic heterocycles. The molecule has 4 nitrogen and oxygen atoms in total. The molecular formula is C15H28N2O2. The summed E-state index contributed by atoms with van der Waals surface area (Å²) in [5, 5.41) is 3.66. The highest BCUT2D eigenvalue weighted by Gasteiger charge is 2.35. The van der Waals surface area contributed by atoms with Crippen LogP contribution in [0.4, 0.5) is 0 Å². The van der Waals surface area contributed by atoms with Crippen LogP contribution in [0, 0.1) is 5.92 Å². The van der Waals surface area contributed by atoms with Crippen molar-refractivity contribution in [3.63, 3.8) is 0 Å². The van der Waals surface area contributed by atoms with Crippen molar-refractivity contribution in [2.75, 3.05) is 26.7 Å². The Morgan fingerprint density at radius 2 is 2.16 bits per heavy atom. The van der Waals surface area contributed by atoms with Crippen LogP contribution in [0.25, 0.3) is 0 Å². The molecular weight excluding hydrogens is 240 g/mol. The molecule has 0 radical (unpaired) electrons. The van der Waals surface area contributed by atoms with Crippen molar-refractivity contribution in [2.45, 2.75) is 57.5 Å². The minimum absolute atomic E-state index is 0.0680. The Kier molecular flexibility index (Phi) is 5.64. The monoisotopic (exact) mass is 268 g/mol. The van der Waals surface area contributed by atoms with Gasteiger partial charge in [-0.15, -0.1) is 0 Å². The predicted octanol–water partition coefficient (Wildman–Crippen LogP) is 1.79. The molecule has 0 spiro atoms. The van der Waals surface area contributed by atoms with E-state index >= 15 is 0 Å². The van der Waals surface area contributed by atoms with Gasteiger partial charge < -0.3 is 10.1 Å². The summed E-state index contributed by atoms with van der Waals surface area (Å²) < 4.78 is 4.75. The number of methoxy groups -OCH3 is 1. The van der Waals surface area contributed by atoms with Crippen LogP contribution in [0.1, 0.15) is 45.4 Å². The first-order valence-electron chi connectivity index (χ1n) is 7.77. The molecule has 2 atom stereocenters. The van der Waals surface area contributed by atoms with Crippen molar-refractivity contribution in [2.24, 2.45) is 5.92 Å². The normalized spacial score (nSPS) is 28.3. The number of esters is 1. The van der Waals surface area contributed by atoms with E-state index in [1.54, 1.807) is 0 Å². The number of carbonyl (C=O) groups excluding carboxylic acids is 1. The fraction of sp³-hybridized carbons (Fsp3) is 0.933. The second-order valence-electron chi connectivity index (χ2n) is 6.05. The zero-order valence-corrected chi connectivity index (χ0v) is 12.4. The topological polar surface area (TPSA) is 41.6 Å². The first-order valence-corrected chi connectivity index (χ1v) is 7.77. The lowest BCUT2D eigenvalue weighted by atomic mass is 9.90. The predicted molar refractivity (Wildman–Crippen MR) is 76.0 cm³/mol. The Bertz CT molecular complexity index is 292. The van der Waals surface area contributed by atoms with E-state index in [0.717, 1.165) is 19.0 Å². The summed E-state index contributed by atoms with van der Waals surface area (Å²) >= 11 is 0. The van der Waals surface area contributed by atoms with Gasteiger partial charge >= 0.3 is 5.97 Å². The van der Waals surface area contributed by atoms with Gasteiger partial charge in [-0.2, -0.15) is 0 Å². The third-order valence-electron chi connectivity index (χ3n) is 4.30. The van der Waals surface area contributed by atoms with Crippen molar-refractivity contribution < 1.29 is 9.53 Å². The van der Waals surface area contributed by atoms with Crippen LogP contribution in [0.2, 0.25) is 0 Å². The molecule has 1 saturated heterocycles. The minimum Gasteiger partial charge on any atom is -0.469 e. The van der Waals surface area contributed by atoms with Gasteiger partial charge in [0.15, 0.2) is 0 Å². The van der Waals surface area contributed by atoms with Gasteiger partial charge in [-0.3, -0.25) is 9.69 Å². The average molecular weight is 268 g/mol. The molecule has 2 aliphatic rings. The van der Waals surface area contributed by atoms with Crippen molar-refractivity contribution in [1.82, 2.24) is 10.2 Å². The van der Waals surface area contributed by atoms with Crippen LogP contribution < -0.4 is 5.32 Å². The highest BCUT2D eigenvalue weighted by atomic mass is 16.5. The van der Waals surface area contributed by atoms with Gasteiger partial charge in [0.2, 0.25) is 0 Å². The van der Waals surface area contributed by atoms with Crippen LogP contribution in [0.5, 0.6) is 0 Å². The molecule has 0 amide bonds. The number of rotatable bonds is 7. The second kappa shape index (κ2) is 7.25. The maximum Gasteiger partial charge on any atom is 0.305 e. The van der Waals surface area contributed by atoms with E-state index in [-0.39, 0.29) is 5.97 Å². The summed E-state index contributed by atoms with van der Waals surface area (Å²) in [6.45, 7) is 5.68. The highest BCUT2D eigenvalue weighted by molar-refractivity contribution is 5.69. The second-order valence-corrected chi connectivity index (χ2v) is 6.05. The number of piperidine rings is 1. The van der Waals surface area contributed by atoms with Gasteiger partial charge in [-0.05, 0) is 44.6 Å². The number of likely N-dealkylation sites (tertiary alicyclic amines) is 1. The van der Waals surface area contributed by atoms with E-state index in [9.17, 15) is 4.79 Å². The van der Waals surface area contributed by atoms with E-state index in [1.807, 2.05) is 0 Å². The molecule has 19 heavy (non-hydrogen) atoms. The Morgan fingerprint density at radius 3 is 2.79 bits per heavy atom. The third kappa shape index (κ3) is 4.77. The molecule has 4 heteroatoms. The first kappa shape index (κ1) is 14.8. The van der Waals surface area contributed by atoms with Crippen LogP contribution in [0.15, 0.2) is 0 Å². The van der Waals surface area contributed by atoms with Crippen LogP contribution in [-0.4, -0.2) is 49.7 Å². The minimum atomic E-state index is -0.0680. The zero-order valence-electron chi connectivity index (χ0n) is 12.4. The van der Waals surface area contributed by atoms with Gasteiger partial charge in [0, 0.05) is 31.6 Å². The molecule has 1 N–H and O–H groups in total. The molecule has 1 aliphatic carbocycles. The number of ether oxygens (including phenoxy) is 1. The summed E-state index contributed by atoms with van der Waals surface area (Å²) in [4.78, 5) is 13.9. The lowest BCUT2D eigenvalue weighted by molar-refractivity contribution is -0.141. The van der Waals surface area contributed by atoms with Crippen LogP contribution in [-0.2, 0) is 9.53 Å². The molecule has 1 saturated carbocycles. The third-order valence-corrected chi connectivity index (χ3v) is 4.30. The highest BCUT2D eigenvalue weighted by Crippen LogP contribution is 2.32. The van der Waals surface area contributed by atoms with E-state index in [0.29, 0.717) is 18.4 Å². The zero-order chi connectivity index (χ0) is 13.7. The maximum atomic E-state index is 11.3. The first-order chi connectivity index (χ1) is 9.22. The molecule has 0 bridgehead atoms. The molecule has 0 aromatic rings. The summed E-state index contributed by atoms with van der Waals surface area (Å²) in [5.74, 6) is 0.574. The van der Waals surface area contributed by atoms with E-state index < -0.39 is 0 Å². The molecule has 110 valence electrons. The number of hydrogen-bond acceptors (Lipinski definition) is 4. The quantitative estimate of drug-likeness (QED) is 0.715. The average Bonchev–Trinajstić information content (AvgIpc) is 3.26. The lowest BCUT2D eigenvalue weighted by Gasteiger charge is -2.38. The maximum absolute atomic E-state index is 11.3. The fourth-order valence-corrected chi connectivity index (χ4v) is 3.11. The number of nitrogens with one attached hydrogen (secondary N) is 1. The van der Waals surface area contributed by atoms with Crippen LogP contribution >= 0.6 is 0 Å². The standard InChI is InChI=1S/C15H28N2O2/c1-3-8-16-13-9-12(4-7-15(18)19-2)10-17(11-13)14-5-6-14/h12-14,16H,3-11H2,1-2H3. The van der Waals surface area contributed by atoms with Crippen molar-refractivity contribution in [1.29, 1.82) is 0 Å². The van der Waals surface area contributed by atoms with Crippen molar-refractivity contribution in [3.05, 3.63) is 0 Å². The molecule has 1 heterocycles. The van der Waals surface area contributed by atoms with E-state index in [1.165, 1.54) is 45.9 Å². The van der Waals surface area contributed by atoms with Gasteiger partial charge in [-0.25, -0.2) is 0 Å². The lowest BCUT2D eigenvalue weighted by Crippen LogP contribution is -2.50. The van der Waals surface area contributed by atoms with Crippen LogP contribution in [0.3, 0.4) is 0 Å². The molecule has 2 rings (SSSR count). The Morgan fingerprint density at radius 1 is 1.37 bits per heavy atom. The number of carbonyl (C=O) groups is 1. The SMILES string of the molecule is CCCNC1CC(CCC(=O)OC)CN(C2CC2)C1. The summed E-state index contributed by atoms with van der Waals surface area (Å²) in [6.07, 6.45) is 6.67. The smallest absolute Gasteiger partial charge is 0.305 e. The summed E-state index contributed by atoms with van der Waals surface area (Å²) in [5.41, 5.74) is 0. The largest absolute Gasteiger partial charge is 0.469 e. The summed E-state index contributed by atoms with van der Waals surface area (Å²) in [7, 11) is 1.48. The van der Waals surface area contributed by atoms with Gasteiger partial charge in [0.05, 0.1) is 7.11 Å². The van der Waals surface area contributed by atoms with E-state index in [2.05, 4.69) is 17.1 Å². The number of nitrogens with zero attached hydrogens (tertiary/aromatic N) is 1. The van der Waals surface area contributed by atoms with E-state index in [4.69, 9.17) is 4.74 Å². The Labute approximate surface area is 116 Å². The molecule has 2 unspecified atom stereocenters. The summed E-state index contributed by atoms with van der Waals surface area (Å²) in [6, 6.07) is 1.43. The number of hydrogen-bond donors (Lipinski definition) is 1.